The molecule has 0 unspecified atom stereocenters. The van der Waals surface area contributed by atoms with Gasteiger partial charge in [-0.3, -0.25) is 4.79 Å². The second-order valence-corrected chi connectivity index (χ2v) is 9.89. The Morgan fingerprint density at radius 1 is 1.06 bits per heavy atom. The molecule has 2 aromatic rings. The molecule has 0 atom stereocenters. The number of piperazine rings is 1. The van der Waals surface area contributed by atoms with E-state index in [1.54, 1.807) is 16.7 Å². The summed E-state index contributed by atoms with van der Waals surface area (Å²) >= 11 is 1.79. The molecule has 0 bridgehead atoms. The Bertz CT molecular complexity index is 1000. The third-order valence-corrected chi connectivity index (χ3v) is 7.39. The number of hydrogen-bond donors (Lipinski definition) is 1. The van der Waals surface area contributed by atoms with Crippen molar-refractivity contribution in [2.24, 2.45) is 5.92 Å². The van der Waals surface area contributed by atoms with Crippen LogP contribution in [0.5, 0.6) is 0 Å². The van der Waals surface area contributed by atoms with E-state index < -0.39 is 0 Å². The van der Waals surface area contributed by atoms with Crippen molar-refractivity contribution in [3.63, 3.8) is 0 Å². The molecule has 7 nitrogen and oxygen atoms in total. The molecule has 2 aliphatic rings. The minimum Gasteiger partial charge on any atom is -0.449 e. The summed E-state index contributed by atoms with van der Waals surface area (Å²) in [6.45, 7) is 8.85. The van der Waals surface area contributed by atoms with Gasteiger partial charge in [0.1, 0.15) is 0 Å². The normalized spacial score (nSPS) is 16.2. The largest absolute Gasteiger partial charge is 0.449 e. The van der Waals surface area contributed by atoms with Crippen molar-refractivity contribution in [3.8, 4) is 0 Å². The number of para-hydroxylation sites is 1. The number of carbonyl (C=O) groups excluding carboxylic acids is 2. The summed E-state index contributed by atoms with van der Waals surface area (Å²) in [5, 5.41) is 2.86. The lowest BCUT2D eigenvalue weighted by Gasteiger charge is -2.36. The van der Waals surface area contributed by atoms with Gasteiger partial charge < -0.3 is 24.6 Å². The van der Waals surface area contributed by atoms with E-state index in [1.807, 2.05) is 0 Å². The van der Waals surface area contributed by atoms with Crippen molar-refractivity contribution in [2.45, 2.75) is 30.1 Å². The zero-order valence-corrected chi connectivity index (χ0v) is 20.7. The van der Waals surface area contributed by atoms with Gasteiger partial charge in [0.05, 0.1) is 31.4 Å². The van der Waals surface area contributed by atoms with Crippen LogP contribution in [-0.2, 0) is 14.3 Å². The molecule has 2 amide bonds. The fraction of sp³-hybridized carbons (Fsp3) is 0.462. The van der Waals surface area contributed by atoms with E-state index in [0.29, 0.717) is 45.9 Å². The maximum Gasteiger partial charge on any atom is 0.409 e. The van der Waals surface area contributed by atoms with Crippen LogP contribution < -0.4 is 10.2 Å². The predicted octanol–water partition coefficient (Wildman–Crippen LogP) is 3.87. The van der Waals surface area contributed by atoms with E-state index >= 15 is 0 Å². The van der Waals surface area contributed by atoms with Crippen LogP contribution in [0.2, 0.25) is 0 Å². The third kappa shape index (κ3) is 6.24. The number of nitrogens with one attached hydrogen (secondary N) is 1. The highest BCUT2D eigenvalue weighted by molar-refractivity contribution is 7.99. The van der Waals surface area contributed by atoms with Crippen LogP contribution in [0.15, 0.2) is 52.3 Å². The van der Waals surface area contributed by atoms with Gasteiger partial charge in [0.2, 0.25) is 5.91 Å². The van der Waals surface area contributed by atoms with Gasteiger partial charge in [-0.15, -0.1) is 0 Å². The average Bonchev–Trinajstić information content (AvgIpc) is 2.80. The van der Waals surface area contributed by atoms with E-state index in [4.69, 9.17) is 9.47 Å². The molecule has 34 heavy (non-hydrogen) atoms. The zero-order valence-electron chi connectivity index (χ0n) is 19.9. The van der Waals surface area contributed by atoms with E-state index in [9.17, 15) is 9.59 Å². The molecule has 2 saturated heterocycles. The van der Waals surface area contributed by atoms with Crippen LogP contribution in [0, 0.1) is 19.8 Å². The summed E-state index contributed by atoms with van der Waals surface area (Å²) in [5.74, 6) is -0.00651. The molecule has 2 aromatic carbocycles. The van der Waals surface area contributed by atoms with Gasteiger partial charge in [-0.05, 0) is 44.0 Å². The van der Waals surface area contributed by atoms with Gasteiger partial charge in [-0.2, -0.15) is 0 Å². The van der Waals surface area contributed by atoms with Crippen LogP contribution >= 0.6 is 11.8 Å². The molecule has 1 N–H and O–H groups in total. The Hall–Kier alpha value is -2.71. The number of benzene rings is 2. The molecule has 2 aliphatic heterocycles. The molecule has 0 radical (unpaired) electrons. The molecule has 4 rings (SSSR count). The first-order valence-electron chi connectivity index (χ1n) is 11.9. The minimum atomic E-state index is -0.281. The maximum atomic E-state index is 12.5. The first-order chi connectivity index (χ1) is 16.5. The fourth-order valence-corrected chi connectivity index (χ4v) is 5.07. The number of ether oxygens (including phenoxy) is 2. The van der Waals surface area contributed by atoms with Gasteiger partial charge in [0.15, 0.2) is 0 Å². The number of hydrogen-bond acceptors (Lipinski definition) is 6. The fourth-order valence-electron chi connectivity index (χ4n) is 4.03. The average molecular weight is 484 g/mol. The zero-order chi connectivity index (χ0) is 23.9. The number of carbonyl (C=O) groups is 2. The number of aryl methyl sites for hydroxylation is 2. The number of anilines is 1. The second kappa shape index (κ2) is 11.6. The van der Waals surface area contributed by atoms with Crippen molar-refractivity contribution >= 4 is 29.4 Å². The van der Waals surface area contributed by atoms with Crippen LogP contribution in [0.1, 0.15) is 17.5 Å². The maximum absolute atomic E-state index is 12.5. The van der Waals surface area contributed by atoms with E-state index in [1.165, 1.54) is 26.6 Å². The predicted molar refractivity (Wildman–Crippen MR) is 134 cm³/mol. The van der Waals surface area contributed by atoms with Gasteiger partial charge >= 0.3 is 6.09 Å². The van der Waals surface area contributed by atoms with E-state index in [2.05, 4.69) is 66.5 Å². The van der Waals surface area contributed by atoms with Crippen LogP contribution in [-0.4, -0.2) is 69.4 Å². The molecule has 182 valence electrons. The summed E-state index contributed by atoms with van der Waals surface area (Å²) in [7, 11) is 0. The topological polar surface area (TPSA) is 71.1 Å². The van der Waals surface area contributed by atoms with Crippen LogP contribution in [0.25, 0.3) is 0 Å². The first-order valence-corrected chi connectivity index (χ1v) is 12.7. The Kier molecular flexibility index (Phi) is 8.34. The van der Waals surface area contributed by atoms with Crippen molar-refractivity contribution in [3.05, 3.63) is 53.6 Å². The Balaban J connectivity index is 1.23. The molecular formula is C26H33N3O4S. The molecule has 0 aromatic heterocycles. The molecule has 0 spiro atoms. The summed E-state index contributed by atoms with van der Waals surface area (Å²) in [6.07, 6.45) is 0.324. The highest BCUT2D eigenvalue weighted by atomic mass is 32.2. The van der Waals surface area contributed by atoms with E-state index in [-0.39, 0.29) is 17.9 Å². The number of nitrogens with zero attached hydrogens (tertiary/aromatic N) is 2. The number of amides is 2. The highest BCUT2D eigenvalue weighted by Crippen LogP contribution is 2.37. The lowest BCUT2D eigenvalue weighted by atomic mass is 10.1. The third-order valence-electron chi connectivity index (χ3n) is 6.15. The summed E-state index contributed by atoms with van der Waals surface area (Å²) in [6, 6.07) is 15.0. The van der Waals surface area contributed by atoms with Crippen LogP contribution in [0.3, 0.4) is 0 Å². The molecule has 0 saturated carbocycles. The lowest BCUT2D eigenvalue weighted by Crippen LogP contribution is -2.49. The van der Waals surface area contributed by atoms with Crippen molar-refractivity contribution in [2.75, 3.05) is 57.4 Å². The quantitative estimate of drug-likeness (QED) is 0.575. The van der Waals surface area contributed by atoms with Crippen molar-refractivity contribution in [1.29, 1.82) is 0 Å². The Morgan fingerprint density at radius 2 is 1.82 bits per heavy atom. The monoisotopic (exact) mass is 483 g/mol. The summed E-state index contributed by atoms with van der Waals surface area (Å²) < 4.78 is 10.4. The smallest absolute Gasteiger partial charge is 0.409 e. The lowest BCUT2D eigenvalue weighted by molar-refractivity contribution is -0.138. The van der Waals surface area contributed by atoms with Gasteiger partial charge in [0.25, 0.3) is 0 Å². The second-order valence-electron chi connectivity index (χ2n) is 8.81. The number of rotatable bonds is 8. The summed E-state index contributed by atoms with van der Waals surface area (Å²) in [5.41, 5.74) is 3.75. The van der Waals surface area contributed by atoms with Gasteiger partial charge in [-0.1, -0.05) is 41.6 Å². The standard InChI is InChI=1S/C26H33N3O4S/c1-19-8-9-23(20(2)16-19)34-24-7-4-3-6-22(24)28-11-13-29(14-12-28)26(31)33-15-5-10-27-25(30)21-17-32-18-21/h3-4,6-9,16,21H,5,10-15,17-18H2,1-2H3,(H,27,30). The molecule has 0 aliphatic carbocycles. The molecule has 2 fully saturated rings. The van der Waals surface area contributed by atoms with Crippen molar-refractivity contribution in [1.82, 2.24) is 10.2 Å². The summed E-state index contributed by atoms with van der Waals surface area (Å²) in [4.78, 5) is 30.8. The van der Waals surface area contributed by atoms with E-state index in [0.717, 1.165) is 13.1 Å². The molecular weight excluding hydrogens is 450 g/mol. The van der Waals surface area contributed by atoms with Gasteiger partial charge in [0, 0.05) is 42.5 Å². The highest BCUT2D eigenvalue weighted by Gasteiger charge is 2.26. The SMILES string of the molecule is Cc1ccc(Sc2ccccc2N2CCN(C(=O)OCCCNC(=O)C3COC3)CC2)c(C)c1. The Labute approximate surface area is 205 Å². The van der Waals surface area contributed by atoms with Crippen LogP contribution in [0.4, 0.5) is 10.5 Å². The minimum absolute atomic E-state index is 0.0182. The van der Waals surface area contributed by atoms with Gasteiger partial charge in [-0.25, -0.2) is 4.79 Å². The first kappa shape index (κ1) is 24.4. The molecule has 8 heteroatoms. The van der Waals surface area contributed by atoms with Crippen molar-refractivity contribution < 1.29 is 19.1 Å². The Morgan fingerprint density at radius 3 is 2.53 bits per heavy atom. The molecule has 2 heterocycles.